The molecular formula is C21H25FN4O2. The highest BCUT2D eigenvalue weighted by molar-refractivity contribution is 5.92. The van der Waals surface area contributed by atoms with Crippen molar-refractivity contribution in [2.24, 2.45) is 13.0 Å². The van der Waals surface area contributed by atoms with Gasteiger partial charge in [0.1, 0.15) is 11.5 Å². The van der Waals surface area contributed by atoms with Gasteiger partial charge in [0.15, 0.2) is 5.58 Å². The average Bonchev–Trinajstić information content (AvgIpc) is 3.23. The monoisotopic (exact) mass is 384 g/mol. The number of carbonyl (C=O) groups is 1. The summed E-state index contributed by atoms with van der Waals surface area (Å²) in [5.41, 5.74) is 2.93. The van der Waals surface area contributed by atoms with E-state index in [1.54, 1.807) is 10.7 Å². The van der Waals surface area contributed by atoms with Crippen molar-refractivity contribution in [2.45, 2.75) is 39.0 Å². The van der Waals surface area contributed by atoms with Crippen LogP contribution >= 0.6 is 0 Å². The molecule has 7 heteroatoms. The minimum absolute atomic E-state index is 0.0236. The van der Waals surface area contributed by atoms with Crippen molar-refractivity contribution in [3.05, 3.63) is 47.2 Å². The van der Waals surface area contributed by atoms with Crippen LogP contribution in [0, 0.1) is 11.7 Å². The minimum Gasteiger partial charge on any atom is -0.356 e. The van der Waals surface area contributed by atoms with E-state index in [9.17, 15) is 9.18 Å². The maximum Gasteiger partial charge on any atom is 0.272 e. The Labute approximate surface area is 163 Å². The number of hydrogen-bond acceptors (Lipinski definition) is 4. The van der Waals surface area contributed by atoms with E-state index in [2.05, 4.69) is 24.1 Å². The van der Waals surface area contributed by atoms with E-state index in [0.29, 0.717) is 30.3 Å². The second-order valence-corrected chi connectivity index (χ2v) is 8.02. The fourth-order valence-electron chi connectivity index (χ4n) is 3.99. The first-order chi connectivity index (χ1) is 13.4. The molecule has 1 fully saturated rings. The van der Waals surface area contributed by atoms with Gasteiger partial charge in [0, 0.05) is 37.5 Å². The van der Waals surface area contributed by atoms with Gasteiger partial charge in [-0.15, -0.1) is 0 Å². The summed E-state index contributed by atoms with van der Waals surface area (Å²) >= 11 is 0. The van der Waals surface area contributed by atoms with Crippen LogP contribution in [0.5, 0.6) is 0 Å². The number of aryl methyl sites for hydroxylation is 1. The highest BCUT2D eigenvalue weighted by atomic mass is 19.1. The van der Waals surface area contributed by atoms with Crippen molar-refractivity contribution in [1.29, 1.82) is 0 Å². The van der Waals surface area contributed by atoms with Gasteiger partial charge in [0.05, 0.1) is 11.4 Å². The van der Waals surface area contributed by atoms with Crippen LogP contribution in [0.4, 0.5) is 4.39 Å². The van der Waals surface area contributed by atoms with Crippen LogP contribution in [0.15, 0.2) is 28.8 Å². The molecule has 148 valence electrons. The van der Waals surface area contributed by atoms with Crippen LogP contribution in [0.25, 0.3) is 11.0 Å². The number of hydrogen-bond donors (Lipinski definition) is 0. The van der Waals surface area contributed by atoms with Gasteiger partial charge < -0.3 is 9.42 Å². The van der Waals surface area contributed by atoms with Crippen molar-refractivity contribution in [3.63, 3.8) is 0 Å². The third-order valence-electron chi connectivity index (χ3n) is 5.40. The Morgan fingerprint density at radius 2 is 2.04 bits per heavy atom. The predicted octanol–water partition coefficient (Wildman–Crippen LogP) is 3.92. The molecule has 0 spiro atoms. The summed E-state index contributed by atoms with van der Waals surface area (Å²) in [6, 6.07) is 6.43. The molecule has 1 aromatic carbocycles. The molecule has 3 aromatic rings. The third-order valence-corrected chi connectivity index (χ3v) is 5.40. The van der Waals surface area contributed by atoms with Gasteiger partial charge in [0.25, 0.3) is 5.91 Å². The average molecular weight is 384 g/mol. The summed E-state index contributed by atoms with van der Waals surface area (Å²) in [7, 11) is 1.82. The molecule has 0 unspecified atom stereocenters. The zero-order valence-electron chi connectivity index (χ0n) is 16.5. The minimum atomic E-state index is -0.330. The number of carbonyl (C=O) groups excluding carboxylic acids is 1. The number of fused-ring (bicyclic) bond motifs is 1. The van der Waals surface area contributed by atoms with E-state index in [4.69, 9.17) is 4.52 Å². The maximum absolute atomic E-state index is 13.4. The van der Waals surface area contributed by atoms with E-state index >= 15 is 0 Å². The normalized spacial score (nSPS) is 15.7. The number of rotatable bonds is 4. The summed E-state index contributed by atoms with van der Waals surface area (Å²) in [6.45, 7) is 5.60. The zero-order valence-corrected chi connectivity index (χ0v) is 16.5. The quantitative estimate of drug-likeness (QED) is 0.684. The number of aromatic nitrogens is 3. The first-order valence-electron chi connectivity index (χ1n) is 9.79. The molecule has 0 atom stereocenters. The van der Waals surface area contributed by atoms with Crippen LogP contribution < -0.4 is 0 Å². The van der Waals surface area contributed by atoms with E-state index in [1.807, 2.05) is 18.0 Å². The number of halogens is 1. The first-order valence-corrected chi connectivity index (χ1v) is 9.79. The Bertz CT molecular complexity index is 999. The largest absolute Gasteiger partial charge is 0.356 e. The Kier molecular flexibility index (Phi) is 4.91. The maximum atomic E-state index is 13.4. The lowest BCUT2D eigenvalue weighted by molar-refractivity contribution is 0.0700. The van der Waals surface area contributed by atoms with Crippen LogP contribution in [-0.4, -0.2) is 38.8 Å². The lowest BCUT2D eigenvalue weighted by Crippen LogP contribution is -2.38. The molecule has 3 heterocycles. The van der Waals surface area contributed by atoms with Crippen molar-refractivity contribution >= 4 is 16.9 Å². The van der Waals surface area contributed by atoms with Gasteiger partial charge in [-0.2, -0.15) is 5.10 Å². The smallest absolute Gasteiger partial charge is 0.272 e. The zero-order chi connectivity index (χ0) is 19.8. The Balaban J connectivity index is 1.45. The fourth-order valence-corrected chi connectivity index (χ4v) is 3.99. The van der Waals surface area contributed by atoms with Gasteiger partial charge in [0.2, 0.25) is 0 Å². The number of benzene rings is 1. The lowest BCUT2D eigenvalue weighted by Gasteiger charge is -2.31. The molecule has 1 aliphatic rings. The lowest BCUT2D eigenvalue weighted by atomic mass is 9.91. The molecule has 1 saturated heterocycles. The summed E-state index contributed by atoms with van der Waals surface area (Å²) < 4.78 is 20.3. The van der Waals surface area contributed by atoms with Crippen molar-refractivity contribution in [3.8, 4) is 0 Å². The van der Waals surface area contributed by atoms with Crippen molar-refractivity contribution in [2.75, 3.05) is 13.1 Å². The van der Waals surface area contributed by atoms with Gasteiger partial charge in [-0.25, -0.2) is 4.39 Å². The molecular weight excluding hydrogens is 359 g/mol. The second kappa shape index (κ2) is 7.37. The van der Waals surface area contributed by atoms with Crippen LogP contribution in [0.2, 0.25) is 0 Å². The number of piperidine rings is 1. The van der Waals surface area contributed by atoms with Gasteiger partial charge in [-0.1, -0.05) is 19.0 Å². The molecule has 0 N–H and O–H groups in total. The molecule has 1 amide bonds. The molecule has 6 nitrogen and oxygen atoms in total. The van der Waals surface area contributed by atoms with Crippen LogP contribution in [0.1, 0.15) is 54.5 Å². The van der Waals surface area contributed by atoms with Gasteiger partial charge in [-0.3, -0.25) is 9.48 Å². The van der Waals surface area contributed by atoms with Gasteiger partial charge in [-0.05, 0) is 43.4 Å². The SMILES string of the molecule is CC(C)Cc1cc(C(=O)N2CCC(c3noc4cc(F)ccc34)CC2)n(C)n1. The summed E-state index contributed by atoms with van der Waals surface area (Å²) in [6.07, 6.45) is 2.48. The van der Waals surface area contributed by atoms with Crippen molar-refractivity contribution < 1.29 is 13.7 Å². The summed E-state index contributed by atoms with van der Waals surface area (Å²) in [5, 5.41) is 9.51. The highest BCUT2D eigenvalue weighted by Crippen LogP contribution is 2.33. The fraction of sp³-hybridized carbons (Fsp3) is 0.476. The third kappa shape index (κ3) is 3.53. The van der Waals surface area contributed by atoms with E-state index in [0.717, 1.165) is 36.0 Å². The molecule has 0 radical (unpaired) electrons. The Hall–Kier alpha value is -2.70. The molecule has 28 heavy (non-hydrogen) atoms. The van der Waals surface area contributed by atoms with Gasteiger partial charge >= 0.3 is 0 Å². The highest BCUT2D eigenvalue weighted by Gasteiger charge is 2.29. The van der Waals surface area contributed by atoms with E-state index < -0.39 is 0 Å². The standard InChI is InChI=1S/C21H25FN4O2/c1-13(2)10-16-12-18(25(3)23-16)21(27)26-8-6-14(7-9-26)20-17-5-4-15(22)11-19(17)28-24-20/h4-5,11-14H,6-10H2,1-3H3. The molecule has 0 aliphatic carbocycles. The van der Waals surface area contributed by atoms with Crippen LogP contribution in [-0.2, 0) is 13.5 Å². The number of likely N-dealkylation sites (tertiary alicyclic amines) is 1. The molecule has 1 aliphatic heterocycles. The number of amides is 1. The summed E-state index contributed by atoms with van der Waals surface area (Å²) in [5.74, 6) is 0.400. The first kappa shape index (κ1) is 18.7. The molecule has 0 saturated carbocycles. The van der Waals surface area contributed by atoms with Crippen LogP contribution in [0.3, 0.4) is 0 Å². The second-order valence-electron chi connectivity index (χ2n) is 8.02. The molecule has 4 rings (SSSR count). The Morgan fingerprint density at radius 3 is 2.75 bits per heavy atom. The predicted molar refractivity (Wildman–Crippen MR) is 104 cm³/mol. The summed E-state index contributed by atoms with van der Waals surface area (Å²) in [4.78, 5) is 14.8. The van der Waals surface area contributed by atoms with E-state index in [1.165, 1.54) is 12.1 Å². The topological polar surface area (TPSA) is 64.2 Å². The molecule has 2 aromatic heterocycles. The van der Waals surface area contributed by atoms with E-state index in [-0.39, 0.29) is 17.6 Å². The Morgan fingerprint density at radius 1 is 1.29 bits per heavy atom. The molecule has 0 bridgehead atoms. The number of nitrogens with zero attached hydrogens (tertiary/aromatic N) is 4. The van der Waals surface area contributed by atoms with Crippen molar-refractivity contribution in [1.82, 2.24) is 19.8 Å².